The zero-order valence-corrected chi connectivity index (χ0v) is 17.4. The summed E-state index contributed by atoms with van der Waals surface area (Å²) in [5.41, 5.74) is 0. The molecule has 0 aromatic heterocycles. The van der Waals surface area contributed by atoms with Crippen LogP contribution in [0, 0.1) is 0 Å². The summed E-state index contributed by atoms with van der Waals surface area (Å²) in [6.07, 6.45) is 14.6. The van der Waals surface area contributed by atoms with Crippen molar-refractivity contribution in [3.63, 3.8) is 0 Å². The number of unbranched alkanes of at least 4 members (excludes halogenated alkanes) is 7. The molecule has 0 unspecified atom stereocenters. The fraction of sp³-hybridized carbons (Fsp3) is 0.952. The van der Waals surface area contributed by atoms with Gasteiger partial charge in [-0.2, -0.15) is 0 Å². The highest BCUT2D eigenvalue weighted by molar-refractivity contribution is 5.66. The number of carboxylic acid groups (broad SMARTS) is 1. The molecule has 3 nitrogen and oxygen atoms in total. The molecular formula is C21H46NO2+. The van der Waals surface area contributed by atoms with E-state index in [2.05, 4.69) is 27.8 Å². The molecule has 24 heavy (non-hydrogen) atoms. The second-order valence-electron chi connectivity index (χ2n) is 7.41. The maximum Gasteiger partial charge on any atom is 0.303 e. The molecule has 146 valence electrons. The number of rotatable bonds is 15. The van der Waals surface area contributed by atoms with Crippen LogP contribution in [0.2, 0.25) is 0 Å². The Kier molecular flexibility index (Phi) is 20.1. The molecule has 0 heterocycles. The van der Waals surface area contributed by atoms with Gasteiger partial charge in [0.1, 0.15) is 0 Å². The van der Waals surface area contributed by atoms with E-state index in [1.165, 1.54) is 81.9 Å². The van der Waals surface area contributed by atoms with Crippen LogP contribution < -0.4 is 0 Å². The van der Waals surface area contributed by atoms with Crippen LogP contribution in [0.5, 0.6) is 0 Å². The van der Waals surface area contributed by atoms with Gasteiger partial charge in [0.25, 0.3) is 0 Å². The maximum atomic E-state index is 9.76. The van der Waals surface area contributed by atoms with E-state index in [-0.39, 0.29) is 0 Å². The molecule has 0 saturated heterocycles. The molecule has 0 amide bonds. The minimum atomic E-state index is -0.693. The van der Waals surface area contributed by atoms with Crippen molar-refractivity contribution in [1.29, 1.82) is 0 Å². The Labute approximate surface area is 152 Å². The van der Waals surface area contributed by atoms with Gasteiger partial charge in [-0.3, -0.25) is 4.79 Å². The summed E-state index contributed by atoms with van der Waals surface area (Å²) in [4.78, 5) is 9.76. The summed E-state index contributed by atoms with van der Waals surface area (Å²) in [5, 5.41) is 8.04. The molecule has 0 aliphatic heterocycles. The van der Waals surface area contributed by atoms with Gasteiger partial charge in [0.2, 0.25) is 0 Å². The van der Waals surface area contributed by atoms with Crippen molar-refractivity contribution >= 4 is 5.97 Å². The summed E-state index contributed by atoms with van der Waals surface area (Å²) in [6.45, 7) is 13.1. The summed E-state index contributed by atoms with van der Waals surface area (Å²) in [7, 11) is 2.49. The highest BCUT2D eigenvalue weighted by Gasteiger charge is 2.19. The topological polar surface area (TPSA) is 37.3 Å². The first-order valence-electron chi connectivity index (χ1n) is 10.5. The smallest absolute Gasteiger partial charge is 0.303 e. The van der Waals surface area contributed by atoms with Crippen molar-refractivity contribution in [3.8, 4) is 0 Å². The van der Waals surface area contributed by atoms with E-state index < -0.39 is 5.97 Å². The number of carbonyl (C=O) groups is 1. The number of carboxylic acids is 1. The second-order valence-corrected chi connectivity index (χ2v) is 7.41. The molecule has 0 spiro atoms. The van der Waals surface area contributed by atoms with Gasteiger partial charge in [0.15, 0.2) is 0 Å². The highest BCUT2D eigenvalue weighted by atomic mass is 16.4. The molecule has 0 bridgehead atoms. The van der Waals surface area contributed by atoms with Crippen LogP contribution in [0.4, 0.5) is 0 Å². The number of nitrogens with zero attached hydrogens (tertiary/aromatic N) is 1. The number of quaternary nitrogens is 1. The Morgan fingerprint density at radius 2 is 1.00 bits per heavy atom. The number of hydrogen-bond donors (Lipinski definition) is 1. The lowest BCUT2D eigenvalue weighted by atomic mass is 10.1. The molecule has 0 radical (unpaired) electrons. The van der Waals surface area contributed by atoms with Crippen LogP contribution in [0.1, 0.15) is 105 Å². The Morgan fingerprint density at radius 3 is 1.21 bits per heavy atom. The molecule has 0 fully saturated rings. The van der Waals surface area contributed by atoms with Gasteiger partial charge >= 0.3 is 5.97 Å². The largest absolute Gasteiger partial charge is 0.481 e. The third kappa shape index (κ3) is 19.5. The zero-order chi connectivity index (χ0) is 18.7. The third-order valence-electron chi connectivity index (χ3n) is 4.65. The average molecular weight is 345 g/mol. The lowest BCUT2D eigenvalue weighted by molar-refractivity contribution is -0.910. The van der Waals surface area contributed by atoms with Crippen molar-refractivity contribution in [2.75, 3.05) is 26.7 Å². The first-order chi connectivity index (χ1) is 11.5. The van der Waals surface area contributed by atoms with E-state index in [0.717, 1.165) is 12.8 Å². The van der Waals surface area contributed by atoms with E-state index in [1.807, 2.05) is 6.92 Å². The van der Waals surface area contributed by atoms with Crippen molar-refractivity contribution in [2.24, 2.45) is 0 Å². The van der Waals surface area contributed by atoms with Crippen LogP contribution in [0.25, 0.3) is 0 Å². The Bertz CT molecular complexity index is 240. The number of aliphatic carboxylic acids is 1. The fourth-order valence-electron chi connectivity index (χ4n) is 2.89. The SMILES string of the molecule is CCCCC(=O)O.CCCCC[N+](C)(CCCCC)CCCCC. The fourth-order valence-corrected chi connectivity index (χ4v) is 2.89. The van der Waals surface area contributed by atoms with Gasteiger partial charge in [0.05, 0.1) is 26.7 Å². The van der Waals surface area contributed by atoms with Crippen LogP contribution in [-0.2, 0) is 4.79 Å². The summed E-state index contributed by atoms with van der Waals surface area (Å²) < 4.78 is 1.33. The molecule has 3 heteroatoms. The third-order valence-corrected chi connectivity index (χ3v) is 4.65. The quantitative estimate of drug-likeness (QED) is 0.281. The Hall–Kier alpha value is -0.570. The molecular weight excluding hydrogens is 298 g/mol. The average Bonchev–Trinajstić information content (AvgIpc) is 2.54. The van der Waals surface area contributed by atoms with Crippen molar-refractivity contribution in [3.05, 3.63) is 0 Å². The van der Waals surface area contributed by atoms with E-state index in [9.17, 15) is 4.79 Å². The van der Waals surface area contributed by atoms with Gasteiger partial charge < -0.3 is 9.59 Å². The minimum absolute atomic E-state index is 0.316. The summed E-state index contributed by atoms with van der Waals surface area (Å²) >= 11 is 0. The normalized spacial score (nSPS) is 11.0. The molecule has 1 N–H and O–H groups in total. The second kappa shape index (κ2) is 18.8. The molecule has 0 aromatic carbocycles. The molecule has 0 aliphatic carbocycles. The van der Waals surface area contributed by atoms with Crippen LogP contribution in [-0.4, -0.2) is 42.2 Å². The molecule has 0 rings (SSSR count). The maximum absolute atomic E-state index is 9.76. The minimum Gasteiger partial charge on any atom is -0.481 e. The lowest BCUT2D eigenvalue weighted by Gasteiger charge is -2.35. The van der Waals surface area contributed by atoms with Gasteiger partial charge in [-0.1, -0.05) is 53.4 Å². The summed E-state index contributed by atoms with van der Waals surface area (Å²) in [5.74, 6) is -0.693. The van der Waals surface area contributed by atoms with Gasteiger partial charge in [-0.25, -0.2) is 0 Å². The van der Waals surface area contributed by atoms with Gasteiger partial charge in [0, 0.05) is 6.42 Å². The predicted molar refractivity (Wildman–Crippen MR) is 107 cm³/mol. The molecule has 0 aliphatic rings. The van der Waals surface area contributed by atoms with Crippen LogP contribution in [0.3, 0.4) is 0 Å². The standard InChI is InChI=1S/C16H36N.C5H10O2/c1-5-8-11-14-17(4,15-12-9-6-2)16-13-10-7-3;1-2-3-4-5(6)7/h5-16H2,1-4H3;2-4H2,1H3,(H,6,7)/q+1;. The Morgan fingerprint density at radius 1 is 0.667 bits per heavy atom. The van der Waals surface area contributed by atoms with E-state index in [0.29, 0.717) is 6.42 Å². The zero-order valence-electron chi connectivity index (χ0n) is 17.4. The number of hydrogen-bond acceptors (Lipinski definition) is 1. The first kappa shape index (κ1) is 25.7. The van der Waals surface area contributed by atoms with Crippen molar-refractivity contribution in [1.82, 2.24) is 0 Å². The van der Waals surface area contributed by atoms with E-state index in [1.54, 1.807) is 0 Å². The van der Waals surface area contributed by atoms with Crippen molar-refractivity contribution < 1.29 is 14.4 Å². The predicted octanol–water partition coefficient (Wildman–Crippen LogP) is 6.26. The van der Waals surface area contributed by atoms with Gasteiger partial charge in [-0.05, 0) is 44.9 Å². The monoisotopic (exact) mass is 344 g/mol. The molecule has 0 saturated carbocycles. The van der Waals surface area contributed by atoms with Gasteiger partial charge in [-0.15, -0.1) is 0 Å². The van der Waals surface area contributed by atoms with E-state index in [4.69, 9.17) is 5.11 Å². The lowest BCUT2D eigenvalue weighted by Crippen LogP contribution is -2.46. The first-order valence-corrected chi connectivity index (χ1v) is 10.5. The van der Waals surface area contributed by atoms with Crippen LogP contribution >= 0.6 is 0 Å². The highest BCUT2D eigenvalue weighted by Crippen LogP contribution is 2.13. The molecule has 0 atom stereocenters. The Balaban J connectivity index is 0. The molecule has 0 aromatic rings. The van der Waals surface area contributed by atoms with Crippen LogP contribution in [0.15, 0.2) is 0 Å². The summed E-state index contributed by atoms with van der Waals surface area (Å²) in [6, 6.07) is 0. The van der Waals surface area contributed by atoms with Crippen molar-refractivity contribution in [2.45, 2.75) is 105 Å². The van der Waals surface area contributed by atoms with E-state index >= 15 is 0 Å².